The van der Waals surface area contributed by atoms with Crippen molar-refractivity contribution in [3.8, 4) is 11.1 Å². The molecular weight excluding hydrogens is 378 g/mol. The van der Waals surface area contributed by atoms with Crippen LogP contribution in [0.2, 0.25) is 0 Å². The molecule has 0 saturated heterocycles. The molecule has 0 amide bonds. The van der Waals surface area contributed by atoms with Crippen molar-refractivity contribution in [1.29, 1.82) is 0 Å². The van der Waals surface area contributed by atoms with Crippen LogP contribution in [0, 0.1) is 6.92 Å². The van der Waals surface area contributed by atoms with Gasteiger partial charge in [0.25, 0.3) is 0 Å². The van der Waals surface area contributed by atoms with Gasteiger partial charge in [0.15, 0.2) is 5.54 Å². The number of aryl methyl sites for hydroxylation is 1. The van der Waals surface area contributed by atoms with E-state index in [1.165, 1.54) is 0 Å². The molecule has 0 heterocycles. The number of nitrogens with two attached hydrogens (primary N) is 1. The number of ether oxygens (including phenoxy) is 1. The monoisotopic (exact) mass is 401 g/mol. The Kier molecular flexibility index (Phi) is 5.14. The molecule has 1 aliphatic rings. The molecule has 0 spiro atoms. The molecule has 3 N–H and O–H groups in total. The van der Waals surface area contributed by atoms with Crippen LogP contribution in [0.4, 0.5) is 0 Å². The number of fused-ring (bicyclic) bond motifs is 3. The maximum Gasteiger partial charge on any atom is 0.331 e. The van der Waals surface area contributed by atoms with E-state index in [2.05, 4.69) is 12.1 Å². The third kappa shape index (κ3) is 3.37. The van der Waals surface area contributed by atoms with Crippen molar-refractivity contribution in [2.45, 2.75) is 24.8 Å². The molecule has 5 heteroatoms. The Labute approximate surface area is 175 Å². The molecule has 0 unspecified atom stereocenters. The highest BCUT2D eigenvalue weighted by molar-refractivity contribution is 5.88. The normalized spacial score (nSPS) is 14.5. The second kappa shape index (κ2) is 7.76. The molecule has 1 atom stereocenters. The first kappa shape index (κ1) is 19.9. The van der Waals surface area contributed by atoms with E-state index in [-0.39, 0.29) is 12.5 Å². The van der Waals surface area contributed by atoms with Crippen molar-refractivity contribution in [2.24, 2.45) is 5.73 Å². The summed E-state index contributed by atoms with van der Waals surface area (Å²) in [4.78, 5) is 24.6. The first-order valence-corrected chi connectivity index (χ1v) is 9.84. The topological polar surface area (TPSA) is 89.6 Å². The fraction of sp³-hybridized carbons (Fsp3) is 0.200. The van der Waals surface area contributed by atoms with Crippen LogP contribution in [0.3, 0.4) is 0 Å². The summed E-state index contributed by atoms with van der Waals surface area (Å²) >= 11 is 0. The quantitative estimate of drug-likeness (QED) is 0.610. The van der Waals surface area contributed by atoms with E-state index in [0.717, 1.165) is 27.8 Å². The van der Waals surface area contributed by atoms with E-state index < -0.39 is 23.9 Å². The maximum absolute atomic E-state index is 13.1. The van der Waals surface area contributed by atoms with E-state index in [0.29, 0.717) is 5.56 Å². The van der Waals surface area contributed by atoms with Gasteiger partial charge in [0.1, 0.15) is 6.61 Å². The SMILES string of the molecule is Cc1ccccc1[C@@](N)(CC(=O)O)C(=O)OCC1c2ccccc2-c2ccccc21. The molecular formula is C25H23NO4. The summed E-state index contributed by atoms with van der Waals surface area (Å²) in [7, 11) is 0. The van der Waals surface area contributed by atoms with Crippen molar-refractivity contribution < 1.29 is 19.4 Å². The van der Waals surface area contributed by atoms with Gasteiger partial charge in [0.05, 0.1) is 6.42 Å². The molecule has 30 heavy (non-hydrogen) atoms. The third-order valence-electron chi connectivity index (χ3n) is 5.76. The summed E-state index contributed by atoms with van der Waals surface area (Å²) in [5.41, 5.74) is 10.3. The van der Waals surface area contributed by atoms with Gasteiger partial charge in [0, 0.05) is 5.92 Å². The number of carbonyl (C=O) groups is 2. The summed E-state index contributed by atoms with van der Waals surface area (Å²) in [5.74, 6) is -2.01. The number of carboxylic acid groups (broad SMARTS) is 1. The predicted molar refractivity (Wildman–Crippen MR) is 114 cm³/mol. The molecule has 0 aromatic heterocycles. The highest BCUT2D eigenvalue weighted by Gasteiger charge is 2.42. The van der Waals surface area contributed by atoms with E-state index in [4.69, 9.17) is 10.5 Å². The fourth-order valence-electron chi connectivity index (χ4n) is 4.32. The van der Waals surface area contributed by atoms with Gasteiger partial charge in [-0.25, -0.2) is 4.79 Å². The van der Waals surface area contributed by atoms with Gasteiger partial charge in [-0.3, -0.25) is 4.79 Å². The lowest BCUT2D eigenvalue weighted by Crippen LogP contribution is -2.48. The largest absolute Gasteiger partial charge is 0.481 e. The molecule has 0 bridgehead atoms. The molecule has 5 nitrogen and oxygen atoms in total. The molecule has 1 aliphatic carbocycles. The van der Waals surface area contributed by atoms with E-state index in [1.807, 2.05) is 42.5 Å². The third-order valence-corrected chi connectivity index (χ3v) is 5.76. The minimum atomic E-state index is -1.76. The molecule has 0 aliphatic heterocycles. The average Bonchev–Trinajstić information content (AvgIpc) is 3.05. The smallest absolute Gasteiger partial charge is 0.331 e. The molecule has 3 aromatic rings. The van der Waals surface area contributed by atoms with Crippen molar-refractivity contribution in [3.05, 3.63) is 95.1 Å². The molecule has 0 fully saturated rings. The lowest BCUT2D eigenvalue weighted by Gasteiger charge is -2.28. The van der Waals surface area contributed by atoms with Gasteiger partial charge in [-0.15, -0.1) is 0 Å². The summed E-state index contributed by atoms with van der Waals surface area (Å²) < 4.78 is 5.69. The molecule has 0 saturated carbocycles. The zero-order chi connectivity index (χ0) is 21.3. The van der Waals surface area contributed by atoms with Gasteiger partial charge in [-0.2, -0.15) is 0 Å². The summed E-state index contributed by atoms with van der Waals surface area (Å²) in [6.07, 6.45) is -0.547. The van der Waals surface area contributed by atoms with Crippen LogP contribution in [0.15, 0.2) is 72.8 Å². The van der Waals surface area contributed by atoms with Crippen LogP contribution in [0.25, 0.3) is 11.1 Å². The minimum absolute atomic E-state index is 0.0946. The van der Waals surface area contributed by atoms with Crippen LogP contribution < -0.4 is 5.73 Å². The van der Waals surface area contributed by atoms with Crippen LogP contribution in [0.1, 0.15) is 34.6 Å². The predicted octanol–water partition coefficient (Wildman–Crippen LogP) is 3.98. The molecule has 152 valence electrons. The Morgan fingerprint density at radius 1 is 0.933 bits per heavy atom. The van der Waals surface area contributed by atoms with Crippen molar-refractivity contribution in [1.82, 2.24) is 0 Å². The second-order valence-electron chi connectivity index (χ2n) is 7.68. The number of carboxylic acids is 1. The van der Waals surface area contributed by atoms with Crippen LogP contribution in [0.5, 0.6) is 0 Å². The Bertz CT molecular complexity index is 1080. The van der Waals surface area contributed by atoms with Crippen molar-refractivity contribution >= 4 is 11.9 Å². The summed E-state index contributed by atoms with van der Waals surface area (Å²) in [6, 6.07) is 23.1. The number of esters is 1. The van der Waals surface area contributed by atoms with E-state index in [9.17, 15) is 14.7 Å². The Morgan fingerprint density at radius 2 is 1.47 bits per heavy atom. The number of aliphatic carboxylic acids is 1. The van der Waals surface area contributed by atoms with Crippen molar-refractivity contribution in [3.63, 3.8) is 0 Å². The highest BCUT2D eigenvalue weighted by atomic mass is 16.5. The highest BCUT2D eigenvalue weighted by Crippen LogP contribution is 2.44. The number of carbonyl (C=O) groups excluding carboxylic acids is 1. The summed E-state index contributed by atoms with van der Waals surface area (Å²) in [6.45, 7) is 1.90. The lowest BCUT2D eigenvalue weighted by atomic mass is 9.85. The number of hydrogen-bond acceptors (Lipinski definition) is 4. The zero-order valence-corrected chi connectivity index (χ0v) is 16.7. The lowest BCUT2D eigenvalue weighted by molar-refractivity contribution is -0.155. The minimum Gasteiger partial charge on any atom is -0.481 e. The first-order valence-electron chi connectivity index (χ1n) is 9.84. The van der Waals surface area contributed by atoms with Gasteiger partial charge in [0.2, 0.25) is 0 Å². The van der Waals surface area contributed by atoms with Crippen molar-refractivity contribution in [2.75, 3.05) is 6.61 Å². The Morgan fingerprint density at radius 3 is 2.03 bits per heavy atom. The first-order chi connectivity index (χ1) is 14.4. The molecule has 0 radical (unpaired) electrons. The van der Waals surface area contributed by atoms with Crippen LogP contribution in [-0.2, 0) is 19.9 Å². The van der Waals surface area contributed by atoms with Gasteiger partial charge >= 0.3 is 11.9 Å². The standard InChI is InChI=1S/C25H23NO4/c1-16-8-2-7-13-22(16)25(26,14-23(27)28)24(29)30-15-21-19-11-5-3-9-17(19)18-10-4-6-12-20(18)21/h2-13,21H,14-15,26H2,1H3,(H,27,28)/t25-/m0/s1. The number of rotatable bonds is 6. The van der Waals surface area contributed by atoms with Gasteiger partial charge in [-0.1, -0.05) is 72.8 Å². The average molecular weight is 401 g/mol. The van der Waals surface area contributed by atoms with E-state index >= 15 is 0 Å². The molecule has 3 aromatic carbocycles. The molecule has 4 rings (SSSR count). The Hall–Kier alpha value is -3.44. The zero-order valence-electron chi connectivity index (χ0n) is 16.7. The number of hydrogen-bond donors (Lipinski definition) is 2. The number of benzene rings is 3. The maximum atomic E-state index is 13.1. The Balaban J connectivity index is 1.63. The van der Waals surface area contributed by atoms with Gasteiger partial charge in [-0.05, 0) is 40.3 Å². The fourth-order valence-corrected chi connectivity index (χ4v) is 4.32. The van der Waals surface area contributed by atoms with E-state index in [1.54, 1.807) is 25.1 Å². The van der Waals surface area contributed by atoms with Crippen LogP contribution in [-0.4, -0.2) is 23.7 Å². The second-order valence-corrected chi connectivity index (χ2v) is 7.68. The van der Waals surface area contributed by atoms with Gasteiger partial charge < -0.3 is 15.6 Å². The van der Waals surface area contributed by atoms with Crippen LogP contribution >= 0.6 is 0 Å². The summed E-state index contributed by atoms with van der Waals surface area (Å²) in [5, 5.41) is 9.40.